The Bertz CT molecular complexity index is 430. The molecule has 0 bridgehead atoms. The fourth-order valence-electron chi connectivity index (χ4n) is 5.98. The lowest BCUT2D eigenvalue weighted by Crippen LogP contribution is -2.50. The van der Waals surface area contributed by atoms with Crippen LogP contribution in [-0.2, 0) is 0 Å². The average Bonchev–Trinajstić information content (AvgIpc) is 2.81. The second-order valence-corrected chi connectivity index (χ2v) is 7.58. The highest BCUT2D eigenvalue weighted by atomic mass is 16.3. The van der Waals surface area contributed by atoms with E-state index < -0.39 is 0 Å². The summed E-state index contributed by atoms with van der Waals surface area (Å²) in [6, 6.07) is 0. The summed E-state index contributed by atoms with van der Waals surface area (Å²) in [7, 11) is 0. The monoisotopic (exact) mass is 278 g/mol. The van der Waals surface area contributed by atoms with E-state index in [2.05, 4.69) is 0 Å². The molecule has 0 spiro atoms. The molecule has 0 aliphatic heterocycles. The van der Waals surface area contributed by atoms with E-state index in [0.717, 1.165) is 50.9 Å². The smallest absolute Gasteiger partial charge is 0.0917 e. The summed E-state index contributed by atoms with van der Waals surface area (Å²) in [5, 5.41) is 30.5. The molecule has 4 rings (SSSR count). The maximum atomic E-state index is 10.6. The summed E-state index contributed by atoms with van der Waals surface area (Å²) in [6.45, 7) is 0. The molecule has 112 valence electrons. The standard InChI is InChI=1S/C17H26O3/c18-9-1-2-11-10-3-4-13-12(5-6-16(13)19)14(10)8-17(20)15(11)7-9/h9-12,14-15,17-20H,1-8H2. The highest BCUT2D eigenvalue weighted by molar-refractivity contribution is 5.22. The molecule has 0 saturated heterocycles. The molecule has 0 aromatic rings. The lowest BCUT2D eigenvalue weighted by molar-refractivity contribution is -0.0942. The van der Waals surface area contributed by atoms with Crippen molar-refractivity contribution < 1.29 is 15.3 Å². The topological polar surface area (TPSA) is 60.7 Å². The van der Waals surface area contributed by atoms with Crippen LogP contribution in [0.3, 0.4) is 0 Å². The fourth-order valence-corrected chi connectivity index (χ4v) is 5.98. The van der Waals surface area contributed by atoms with E-state index in [1.54, 1.807) is 0 Å². The molecule has 3 heteroatoms. The van der Waals surface area contributed by atoms with Gasteiger partial charge in [0.25, 0.3) is 0 Å². The second-order valence-electron chi connectivity index (χ2n) is 7.58. The minimum atomic E-state index is -0.238. The summed E-state index contributed by atoms with van der Waals surface area (Å²) in [4.78, 5) is 0. The molecule has 20 heavy (non-hydrogen) atoms. The van der Waals surface area contributed by atoms with Gasteiger partial charge in [-0.25, -0.2) is 0 Å². The van der Waals surface area contributed by atoms with Crippen molar-refractivity contribution in [2.75, 3.05) is 0 Å². The SMILES string of the molecule is OC1=C2CCC3C(CC(O)C4CC(O)CCC43)C2CC1. The predicted molar refractivity (Wildman–Crippen MR) is 76.1 cm³/mol. The van der Waals surface area contributed by atoms with Crippen LogP contribution in [0.2, 0.25) is 0 Å². The van der Waals surface area contributed by atoms with Gasteiger partial charge in [0.15, 0.2) is 0 Å². The van der Waals surface area contributed by atoms with Crippen LogP contribution in [0.1, 0.15) is 51.4 Å². The number of hydrogen-bond donors (Lipinski definition) is 3. The van der Waals surface area contributed by atoms with Crippen molar-refractivity contribution in [1.29, 1.82) is 0 Å². The van der Waals surface area contributed by atoms with Gasteiger partial charge in [0, 0.05) is 6.42 Å². The third-order valence-electron chi connectivity index (χ3n) is 6.81. The molecule has 3 N–H and O–H groups in total. The Morgan fingerprint density at radius 3 is 2.40 bits per heavy atom. The van der Waals surface area contributed by atoms with Crippen molar-refractivity contribution in [1.82, 2.24) is 0 Å². The number of rotatable bonds is 0. The average molecular weight is 278 g/mol. The van der Waals surface area contributed by atoms with E-state index in [1.807, 2.05) is 0 Å². The van der Waals surface area contributed by atoms with Gasteiger partial charge in [-0.05, 0) is 80.1 Å². The van der Waals surface area contributed by atoms with Crippen LogP contribution in [0.4, 0.5) is 0 Å². The van der Waals surface area contributed by atoms with Crippen LogP contribution >= 0.6 is 0 Å². The molecule has 7 atom stereocenters. The zero-order valence-electron chi connectivity index (χ0n) is 12.0. The highest BCUT2D eigenvalue weighted by Gasteiger charge is 2.51. The van der Waals surface area contributed by atoms with Crippen LogP contribution in [0.15, 0.2) is 11.3 Å². The van der Waals surface area contributed by atoms with Gasteiger partial charge in [-0.1, -0.05) is 0 Å². The van der Waals surface area contributed by atoms with E-state index in [0.29, 0.717) is 29.4 Å². The Morgan fingerprint density at radius 1 is 0.750 bits per heavy atom. The normalized spacial score (nSPS) is 51.4. The molecule has 4 aliphatic carbocycles. The van der Waals surface area contributed by atoms with E-state index >= 15 is 0 Å². The quantitative estimate of drug-likeness (QED) is 0.638. The van der Waals surface area contributed by atoms with Gasteiger partial charge in [-0.2, -0.15) is 0 Å². The number of aliphatic hydroxyl groups excluding tert-OH is 3. The number of aliphatic hydroxyl groups is 3. The largest absolute Gasteiger partial charge is 0.512 e. The molecule has 4 aliphatic rings. The van der Waals surface area contributed by atoms with Crippen molar-refractivity contribution in [2.24, 2.45) is 29.6 Å². The van der Waals surface area contributed by atoms with Crippen LogP contribution in [0, 0.1) is 29.6 Å². The van der Waals surface area contributed by atoms with E-state index in [9.17, 15) is 15.3 Å². The summed E-state index contributed by atoms with van der Waals surface area (Å²) in [5.74, 6) is 3.42. The van der Waals surface area contributed by atoms with Crippen molar-refractivity contribution in [3.63, 3.8) is 0 Å². The molecule has 3 fully saturated rings. The van der Waals surface area contributed by atoms with Gasteiger partial charge < -0.3 is 15.3 Å². The minimum Gasteiger partial charge on any atom is -0.512 e. The minimum absolute atomic E-state index is 0.197. The Labute approximate surface area is 120 Å². The molecule has 0 heterocycles. The number of allylic oxidation sites excluding steroid dienone is 2. The Hall–Kier alpha value is -0.540. The maximum Gasteiger partial charge on any atom is 0.0917 e. The number of fused-ring (bicyclic) bond motifs is 5. The zero-order chi connectivity index (χ0) is 13.9. The van der Waals surface area contributed by atoms with Gasteiger partial charge in [0.1, 0.15) is 0 Å². The maximum absolute atomic E-state index is 10.6. The molecule has 0 aromatic heterocycles. The van der Waals surface area contributed by atoms with E-state index in [-0.39, 0.29) is 12.2 Å². The van der Waals surface area contributed by atoms with Crippen molar-refractivity contribution >= 4 is 0 Å². The summed E-state index contributed by atoms with van der Waals surface area (Å²) < 4.78 is 0. The second kappa shape index (κ2) is 4.74. The lowest BCUT2D eigenvalue weighted by Gasteiger charge is -2.53. The Morgan fingerprint density at radius 2 is 1.55 bits per heavy atom. The first-order valence-electron chi connectivity index (χ1n) is 8.42. The molecule has 7 unspecified atom stereocenters. The zero-order valence-corrected chi connectivity index (χ0v) is 12.0. The van der Waals surface area contributed by atoms with Gasteiger partial charge in [0.2, 0.25) is 0 Å². The Balaban J connectivity index is 1.61. The first-order valence-corrected chi connectivity index (χ1v) is 8.42. The summed E-state index contributed by atoms with van der Waals surface area (Å²) in [6.07, 6.45) is 7.45. The van der Waals surface area contributed by atoms with Gasteiger partial charge in [-0.3, -0.25) is 0 Å². The molecule has 3 saturated carbocycles. The van der Waals surface area contributed by atoms with Crippen molar-refractivity contribution in [2.45, 2.75) is 63.6 Å². The predicted octanol–water partition coefficient (Wildman–Crippen LogP) is 2.78. The molecular weight excluding hydrogens is 252 g/mol. The highest BCUT2D eigenvalue weighted by Crippen LogP contribution is 2.57. The number of hydrogen-bond acceptors (Lipinski definition) is 3. The van der Waals surface area contributed by atoms with Gasteiger partial charge >= 0.3 is 0 Å². The molecule has 0 aromatic carbocycles. The van der Waals surface area contributed by atoms with Crippen molar-refractivity contribution in [3.05, 3.63) is 11.3 Å². The van der Waals surface area contributed by atoms with E-state index in [4.69, 9.17) is 0 Å². The first kappa shape index (κ1) is 13.1. The van der Waals surface area contributed by atoms with Gasteiger partial charge in [0.05, 0.1) is 18.0 Å². The van der Waals surface area contributed by atoms with Gasteiger partial charge in [-0.15, -0.1) is 0 Å². The summed E-state index contributed by atoms with van der Waals surface area (Å²) >= 11 is 0. The third-order valence-corrected chi connectivity index (χ3v) is 6.81. The molecule has 0 radical (unpaired) electrons. The lowest BCUT2D eigenvalue weighted by atomic mass is 9.53. The Kier molecular flexibility index (Phi) is 3.11. The first-order chi connectivity index (χ1) is 9.65. The van der Waals surface area contributed by atoms with Crippen LogP contribution in [0.25, 0.3) is 0 Å². The fraction of sp³-hybridized carbons (Fsp3) is 0.882. The molecular formula is C17H26O3. The molecule has 3 nitrogen and oxygen atoms in total. The summed E-state index contributed by atoms with van der Waals surface area (Å²) in [5.41, 5.74) is 1.31. The van der Waals surface area contributed by atoms with Crippen LogP contribution < -0.4 is 0 Å². The van der Waals surface area contributed by atoms with Crippen LogP contribution in [0.5, 0.6) is 0 Å². The third kappa shape index (κ3) is 1.86. The van der Waals surface area contributed by atoms with Crippen LogP contribution in [-0.4, -0.2) is 27.5 Å². The van der Waals surface area contributed by atoms with Crippen molar-refractivity contribution in [3.8, 4) is 0 Å². The van der Waals surface area contributed by atoms with E-state index in [1.165, 1.54) is 12.0 Å². The molecule has 0 amide bonds.